The molecule has 1 aliphatic heterocycles. The largest absolute Gasteiger partial charge is 0.474 e. The van der Waals surface area contributed by atoms with Gasteiger partial charge >= 0.3 is 0 Å². The molecular formula is C23H28N7O4S-. The molecular weight excluding hydrogens is 470 g/mol. The van der Waals surface area contributed by atoms with Crippen molar-refractivity contribution in [1.82, 2.24) is 19.9 Å². The Labute approximate surface area is 205 Å². The summed E-state index contributed by atoms with van der Waals surface area (Å²) >= 11 is 0. The first-order valence-electron chi connectivity index (χ1n) is 11.7. The number of rotatable bonds is 7. The van der Waals surface area contributed by atoms with Gasteiger partial charge in [-0.15, -0.1) is 0 Å². The predicted molar refractivity (Wildman–Crippen MR) is 132 cm³/mol. The van der Waals surface area contributed by atoms with Crippen molar-refractivity contribution < 1.29 is 17.9 Å². The van der Waals surface area contributed by atoms with Gasteiger partial charge in [0.05, 0.1) is 42.2 Å². The average Bonchev–Trinajstić information content (AvgIpc) is 2.91. The van der Waals surface area contributed by atoms with E-state index in [0.29, 0.717) is 30.7 Å². The lowest BCUT2D eigenvalue weighted by molar-refractivity contribution is 0.122. The standard InChI is InChI=1S/C23H28N7O4S/c1-32-35(31)29-17-14-25-23(26-15-17)27-16-4-6-18(7-5-16)34-22-19-3-2-8-24-20(19)13-21(28-22)30-9-11-33-12-10-30/h2-3,8,13-16,18H,4-7,9-12H2,1H3,(H,25,26,27)/q-1. The third-order valence-corrected chi connectivity index (χ3v) is 6.78. The Hall–Kier alpha value is -3.09. The molecule has 35 heavy (non-hydrogen) atoms. The Kier molecular flexibility index (Phi) is 7.50. The van der Waals surface area contributed by atoms with Crippen LogP contribution in [0.25, 0.3) is 10.9 Å². The van der Waals surface area contributed by atoms with Gasteiger partial charge in [-0.3, -0.25) is 4.98 Å². The Balaban J connectivity index is 1.22. The second-order valence-corrected chi connectivity index (χ2v) is 9.38. The molecule has 0 unspecified atom stereocenters. The molecule has 2 aliphatic rings. The second-order valence-electron chi connectivity index (χ2n) is 8.43. The summed E-state index contributed by atoms with van der Waals surface area (Å²) in [5.41, 5.74) is 1.29. The zero-order chi connectivity index (χ0) is 24.0. The van der Waals surface area contributed by atoms with Gasteiger partial charge in [-0.25, -0.2) is 9.97 Å². The van der Waals surface area contributed by atoms with Crippen LogP contribution in [-0.2, 0) is 24.0 Å². The molecule has 3 aromatic heterocycles. The van der Waals surface area contributed by atoms with Crippen LogP contribution >= 0.6 is 0 Å². The molecule has 3 aromatic rings. The number of nitrogens with one attached hydrogen (secondary N) is 1. The summed E-state index contributed by atoms with van der Waals surface area (Å²) in [7, 11) is -0.405. The van der Waals surface area contributed by atoms with E-state index < -0.39 is 10.9 Å². The van der Waals surface area contributed by atoms with Gasteiger partial charge in [-0.2, -0.15) is 4.98 Å². The van der Waals surface area contributed by atoms with Crippen LogP contribution in [0.15, 0.2) is 41.2 Å². The van der Waals surface area contributed by atoms with Crippen molar-refractivity contribution in [3.8, 4) is 5.88 Å². The predicted octanol–water partition coefficient (Wildman–Crippen LogP) is 3.40. The quantitative estimate of drug-likeness (QED) is 0.485. The lowest BCUT2D eigenvalue weighted by Crippen LogP contribution is -2.37. The number of aromatic nitrogens is 4. The molecule has 11 nitrogen and oxygen atoms in total. The highest BCUT2D eigenvalue weighted by molar-refractivity contribution is 7.69. The van der Waals surface area contributed by atoms with E-state index in [0.717, 1.165) is 55.5 Å². The number of pyridine rings is 2. The van der Waals surface area contributed by atoms with Crippen molar-refractivity contribution in [3.05, 3.63) is 36.8 Å². The van der Waals surface area contributed by atoms with Crippen LogP contribution in [0.4, 0.5) is 17.5 Å². The van der Waals surface area contributed by atoms with Gasteiger partial charge in [-0.05, 0) is 37.8 Å². The number of fused-ring (bicyclic) bond motifs is 1. The first-order valence-corrected chi connectivity index (χ1v) is 12.7. The molecule has 1 saturated heterocycles. The Bertz CT molecular complexity index is 1220. The fourth-order valence-electron chi connectivity index (χ4n) is 4.31. The number of hydrogen-bond donors (Lipinski definition) is 1. The highest BCUT2D eigenvalue weighted by atomic mass is 32.2. The van der Waals surface area contributed by atoms with Gasteiger partial charge in [0.1, 0.15) is 11.9 Å². The molecule has 0 radical (unpaired) electrons. The number of anilines is 2. The van der Waals surface area contributed by atoms with Crippen LogP contribution < -0.4 is 15.0 Å². The van der Waals surface area contributed by atoms with Crippen LogP contribution in [0, 0.1) is 0 Å². The zero-order valence-corrected chi connectivity index (χ0v) is 20.3. The number of hydrogen-bond acceptors (Lipinski definition) is 12. The maximum absolute atomic E-state index is 11.3. The molecule has 0 aromatic carbocycles. The topological polar surface area (TPSA) is 124 Å². The van der Waals surface area contributed by atoms with Gasteiger partial charge in [0.2, 0.25) is 11.8 Å². The van der Waals surface area contributed by atoms with Crippen molar-refractivity contribution in [2.24, 2.45) is 4.36 Å². The highest BCUT2D eigenvalue weighted by Crippen LogP contribution is 2.31. The molecule has 1 saturated carbocycles. The Morgan fingerprint density at radius 1 is 1.14 bits per heavy atom. The van der Waals surface area contributed by atoms with Crippen LogP contribution in [0.3, 0.4) is 0 Å². The summed E-state index contributed by atoms with van der Waals surface area (Å²) in [5, 5.41) is 4.30. The lowest BCUT2D eigenvalue weighted by Gasteiger charge is -2.31. The van der Waals surface area contributed by atoms with E-state index in [1.165, 1.54) is 19.5 Å². The second kappa shape index (κ2) is 11.1. The molecule has 12 heteroatoms. The van der Waals surface area contributed by atoms with Crippen LogP contribution in [0.2, 0.25) is 0 Å². The maximum atomic E-state index is 11.3. The molecule has 1 N–H and O–H groups in total. The minimum atomic E-state index is -1.73. The molecule has 2 fully saturated rings. The Morgan fingerprint density at radius 2 is 1.91 bits per heavy atom. The summed E-state index contributed by atoms with van der Waals surface area (Å²) in [5.74, 6) is 2.05. The highest BCUT2D eigenvalue weighted by Gasteiger charge is 2.25. The van der Waals surface area contributed by atoms with Crippen molar-refractivity contribution in [3.63, 3.8) is 0 Å². The normalized spacial score (nSPS) is 21.7. The van der Waals surface area contributed by atoms with E-state index in [4.69, 9.17) is 14.5 Å². The summed E-state index contributed by atoms with van der Waals surface area (Å²) in [4.78, 5) is 20.2. The fraction of sp³-hybridized carbons (Fsp3) is 0.478. The van der Waals surface area contributed by atoms with E-state index in [-0.39, 0.29) is 12.1 Å². The van der Waals surface area contributed by atoms with Crippen LogP contribution in [-0.4, -0.2) is 65.5 Å². The molecule has 0 spiro atoms. The summed E-state index contributed by atoms with van der Waals surface area (Å²) < 4.78 is 31.7. The van der Waals surface area contributed by atoms with E-state index in [1.54, 1.807) is 6.20 Å². The molecule has 186 valence electrons. The van der Waals surface area contributed by atoms with Gasteiger partial charge in [0, 0.05) is 38.5 Å². The molecule has 1 aliphatic carbocycles. The number of morpholine rings is 1. The van der Waals surface area contributed by atoms with Crippen LogP contribution in [0.1, 0.15) is 25.7 Å². The first kappa shape index (κ1) is 23.6. The lowest BCUT2D eigenvalue weighted by atomic mass is 9.93. The number of ether oxygens (including phenoxy) is 2. The smallest absolute Gasteiger partial charge is 0.225 e. The van der Waals surface area contributed by atoms with Crippen molar-refractivity contribution in [1.29, 1.82) is 0 Å². The Morgan fingerprint density at radius 3 is 2.66 bits per heavy atom. The van der Waals surface area contributed by atoms with E-state index >= 15 is 0 Å². The third-order valence-electron chi connectivity index (χ3n) is 6.13. The van der Waals surface area contributed by atoms with Gasteiger partial charge < -0.3 is 32.4 Å². The molecule has 5 rings (SSSR count). The van der Waals surface area contributed by atoms with E-state index in [1.807, 2.05) is 18.2 Å². The van der Waals surface area contributed by atoms with E-state index in [9.17, 15) is 4.21 Å². The average molecular weight is 499 g/mol. The molecule has 0 atom stereocenters. The van der Waals surface area contributed by atoms with Crippen molar-refractivity contribution >= 4 is 39.2 Å². The fourth-order valence-corrected chi connectivity index (χ4v) is 4.65. The summed E-state index contributed by atoms with van der Waals surface area (Å²) in [6.07, 6.45) is 8.55. The van der Waals surface area contributed by atoms with Gasteiger partial charge in [0.15, 0.2) is 0 Å². The van der Waals surface area contributed by atoms with Gasteiger partial charge in [0.25, 0.3) is 0 Å². The summed E-state index contributed by atoms with van der Waals surface area (Å²) in [6, 6.07) is 6.20. The van der Waals surface area contributed by atoms with Crippen molar-refractivity contribution in [2.75, 3.05) is 43.6 Å². The molecule has 0 amide bonds. The SMILES string of the molecule is CO[S-](=O)=Nc1cnc(NC2CCC(Oc3nc(N4CCOCC4)cc4ncccc34)CC2)nc1. The minimum Gasteiger partial charge on any atom is -0.474 e. The zero-order valence-electron chi connectivity index (χ0n) is 19.5. The first-order chi connectivity index (χ1) is 17.2. The van der Waals surface area contributed by atoms with Crippen molar-refractivity contribution in [2.45, 2.75) is 37.8 Å². The number of nitrogens with zero attached hydrogens (tertiary/aromatic N) is 6. The van der Waals surface area contributed by atoms with Crippen LogP contribution in [0.5, 0.6) is 5.88 Å². The molecule has 0 bridgehead atoms. The monoisotopic (exact) mass is 498 g/mol. The maximum Gasteiger partial charge on any atom is 0.225 e. The molecule has 4 heterocycles. The van der Waals surface area contributed by atoms with E-state index in [2.05, 4.69) is 33.7 Å². The third kappa shape index (κ3) is 5.95. The summed E-state index contributed by atoms with van der Waals surface area (Å²) in [6.45, 7) is 3.01. The van der Waals surface area contributed by atoms with Gasteiger partial charge in [-0.1, -0.05) is 10.9 Å². The minimum absolute atomic E-state index is 0.0787.